The Balaban J connectivity index is 1.51. The van der Waals surface area contributed by atoms with Gasteiger partial charge in [-0.05, 0) is 35.1 Å². The molecule has 3 heterocycles. The van der Waals surface area contributed by atoms with Gasteiger partial charge in [0.1, 0.15) is 6.33 Å². The van der Waals surface area contributed by atoms with Crippen molar-refractivity contribution >= 4 is 17.3 Å². The number of hydrogen-bond donors (Lipinski definition) is 0. The predicted octanol–water partition coefficient (Wildman–Crippen LogP) is 3.51. The van der Waals surface area contributed by atoms with Crippen LogP contribution in [0, 0.1) is 10.1 Å². The molecule has 2 aromatic carbocycles. The SMILES string of the molecule is O=[N+]([O-])c1c(N2CCc3ccccc3C2)ncnc1N1CCc2ccccc2C1. The zero-order valence-electron chi connectivity index (χ0n) is 16.0. The van der Waals surface area contributed by atoms with Crippen LogP contribution in [-0.2, 0) is 25.9 Å². The summed E-state index contributed by atoms with van der Waals surface area (Å²) in [6.45, 7) is 2.65. The molecule has 0 N–H and O–H groups in total. The van der Waals surface area contributed by atoms with Gasteiger partial charge < -0.3 is 9.80 Å². The molecule has 0 bridgehead atoms. The molecule has 3 aromatic rings. The summed E-state index contributed by atoms with van der Waals surface area (Å²) in [5.41, 5.74) is 4.99. The van der Waals surface area contributed by atoms with Crippen molar-refractivity contribution in [2.75, 3.05) is 22.9 Å². The fraction of sp³-hybridized carbons (Fsp3) is 0.273. The monoisotopic (exact) mass is 387 g/mol. The Morgan fingerprint density at radius 2 is 1.21 bits per heavy atom. The highest BCUT2D eigenvalue weighted by molar-refractivity contribution is 5.72. The topological polar surface area (TPSA) is 75.4 Å². The Kier molecular flexibility index (Phi) is 4.35. The fourth-order valence-electron chi connectivity index (χ4n) is 4.34. The van der Waals surface area contributed by atoms with E-state index >= 15 is 0 Å². The van der Waals surface area contributed by atoms with Crippen LogP contribution in [0.2, 0.25) is 0 Å². The second-order valence-electron chi connectivity index (χ2n) is 7.51. The summed E-state index contributed by atoms with van der Waals surface area (Å²) in [6.07, 6.45) is 3.16. The highest BCUT2D eigenvalue weighted by Gasteiger charge is 2.32. The summed E-state index contributed by atoms with van der Waals surface area (Å²) in [5.74, 6) is 0.821. The third kappa shape index (κ3) is 3.18. The second kappa shape index (κ2) is 7.16. The van der Waals surface area contributed by atoms with Crippen molar-refractivity contribution in [3.63, 3.8) is 0 Å². The lowest BCUT2D eigenvalue weighted by atomic mass is 9.99. The van der Waals surface area contributed by atoms with E-state index in [4.69, 9.17) is 0 Å². The fourth-order valence-corrected chi connectivity index (χ4v) is 4.34. The maximum atomic E-state index is 12.1. The van der Waals surface area contributed by atoms with Crippen molar-refractivity contribution in [1.29, 1.82) is 0 Å². The molecule has 0 saturated heterocycles. The summed E-state index contributed by atoms with van der Waals surface area (Å²) in [5, 5.41) is 12.1. The molecule has 29 heavy (non-hydrogen) atoms. The van der Waals surface area contributed by atoms with Crippen molar-refractivity contribution in [2.45, 2.75) is 25.9 Å². The lowest BCUT2D eigenvalue weighted by Crippen LogP contribution is -2.34. The van der Waals surface area contributed by atoms with Gasteiger partial charge in [0.05, 0.1) is 4.92 Å². The zero-order valence-corrected chi connectivity index (χ0v) is 16.0. The van der Waals surface area contributed by atoms with E-state index in [0.29, 0.717) is 37.8 Å². The molecular weight excluding hydrogens is 366 g/mol. The Labute approximate surface area is 168 Å². The van der Waals surface area contributed by atoms with Gasteiger partial charge in [0.2, 0.25) is 11.6 Å². The summed E-state index contributed by atoms with van der Waals surface area (Å²) in [4.78, 5) is 24.5. The van der Waals surface area contributed by atoms with Gasteiger partial charge in [0.25, 0.3) is 0 Å². The molecule has 2 aliphatic rings. The number of nitro groups is 1. The molecule has 0 amide bonds. The van der Waals surface area contributed by atoms with E-state index in [-0.39, 0.29) is 10.6 Å². The van der Waals surface area contributed by atoms with Crippen LogP contribution in [0.25, 0.3) is 0 Å². The number of nitrogens with zero attached hydrogens (tertiary/aromatic N) is 5. The molecule has 0 radical (unpaired) electrons. The molecule has 0 fully saturated rings. The third-order valence-corrected chi connectivity index (χ3v) is 5.83. The van der Waals surface area contributed by atoms with Gasteiger partial charge >= 0.3 is 5.69 Å². The largest absolute Gasteiger partial charge is 0.353 e. The minimum absolute atomic E-state index is 0.00580. The molecule has 0 unspecified atom stereocenters. The first kappa shape index (κ1) is 17.6. The Morgan fingerprint density at radius 3 is 1.66 bits per heavy atom. The van der Waals surface area contributed by atoms with Crippen LogP contribution in [-0.4, -0.2) is 28.0 Å². The quantitative estimate of drug-likeness (QED) is 0.506. The Bertz CT molecular complexity index is 1010. The molecule has 0 spiro atoms. The number of hydrogen-bond acceptors (Lipinski definition) is 6. The van der Waals surface area contributed by atoms with E-state index < -0.39 is 0 Å². The number of rotatable bonds is 3. The van der Waals surface area contributed by atoms with E-state index in [1.165, 1.54) is 28.6 Å². The van der Waals surface area contributed by atoms with Crippen LogP contribution in [0.4, 0.5) is 17.3 Å². The van der Waals surface area contributed by atoms with Gasteiger partial charge in [-0.3, -0.25) is 10.1 Å². The minimum atomic E-state index is -0.328. The second-order valence-corrected chi connectivity index (χ2v) is 7.51. The van der Waals surface area contributed by atoms with Crippen LogP contribution < -0.4 is 9.80 Å². The Hall–Kier alpha value is -3.48. The predicted molar refractivity (Wildman–Crippen MR) is 111 cm³/mol. The highest BCUT2D eigenvalue weighted by atomic mass is 16.6. The number of fused-ring (bicyclic) bond motifs is 2. The Morgan fingerprint density at radius 1 is 0.759 bits per heavy atom. The summed E-state index contributed by atoms with van der Waals surface area (Å²) in [6, 6.07) is 16.5. The van der Waals surface area contributed by atoms with Crippen molar-refractivity contribution in [2.24, 2.45) is 0 Å². The lowest BCUT2D eigenvalue weighted by molar-refractivity contribution is -0.383. The van der Waals surface area contributed by atoms with E-state index in [9.17, 15) is 10.1 Å². The standard InChI is InChI=1S/C22H21N5O2/c28-27(29)20-21(25-11-9-16-5-1-3-7-18(16)13-25)23-15-24-22(20)26-12-10-17-6-2-4-8-19(17)14-26/h1-8,15H,9-14H2. The first-order valence-electron chi connectivity index (χ1n) is 9.83. The van der Waals surface area contributed by atoms with E-state index in [1.807, 2.05) is 34.1 Å². The van der Waals surface area contributed by atoms with Crippen LogP contribution in [0.1, 0.15) is 22.3 Å². The van der Waals surface area contributed by atoms with E-state index in [2.05, 4.69) is 34.2 Å². The average molecular weight is 387 g/mol. The molecule has 0 aliphatic carbocycles. The molecule has 0 saturated carbocycles. The van der Waals surface area contributed by atoms with Crippen LogP contribution in [0.5, 0.6) is 0 Å². The van der Waals surface area contributed by atoms with Gasteiger partial charge in [0, 0.05) is 26.2 Å². The molecular formula is C22H21N5O2. The van der Waals surface area contributed by atoms with Crippen molar-refractivity contribution in [3.05, 3.63) is 87.2 Å². The van der Waals surface area contributed by atoms with Gasteiger partial charge in [-0.25, -0.2) is 9.97 Å². The summed E-state index contributed by atoms with van der Waals surface area (Å²) in [7, 11) is 0. The van der Waals surface area contributed by atoms with Crippen molar-refractivity contribution in [1.82, 2.24) is 9.97 Å². The smallest absolute Gasteiger partial charge is 0.346 e. The molecule has 1 aromatic heterocycles. The number of anilines is 2. The van der Waals surface area contributed by atoms with Gasteiger partial charge in [0.15, 0.2) is 0 Å². The maximum Gasteiger partial charge on any atom is 0.353 e. The lowest BCUT2D eigenvalue weighted by Gasteiger charge is -2.32. The van der Waals surface area contributed by atoms with E-state index in [1.54, 1.807) is 0 Å². The molecule has 5 rings (SSSR count). The highest BCUT2D eigenvalue weighted by Crippen LogP contribution is 2.37. The first-order chi connectivity index (χ1) is 14.2. The molecule has 7 heteroatoms. The number of aromatic nitrogens is 2. The summed E-state index contributed by atoms with van der Waals surface area (Å²) >= 11 is 0. The summed E-state index contributed by atoms with van der Waals surface area (Å²) < 4.78 is 0. The van der Waals surface area contributed by atoms with Gasteiger partial charge in [-0.15, -0.1) is 0 Å². The van der Waals surface area contributed by atoms with Crippen molar-refractivity contribution < 1.29 is 4.92 Å². The normalized spacial score (nSPS) is 15.6. The minimum Gasteiger partial charge on any atom is -0.346 e. The van der Waals surface area contributed by atoms with Gasteiger partial charge in [-0.2, -0.15) is 0 Å². The zero-order chi connectivity index (χ0) is 19.8. The van der Waals surface area contributed by atoms with Crippen LogP contribution in [0.3, 0.4) is 0 Å². The van der Waals surface area contributed by atoms with E-state index in [0.717, 1.165) is 12.8 Å². The average Bonchev–Trinajstić information content (AvgIpc) is 2.77. The molecule has 7 nitrogen and oxygen atoms in total. The maximum absolute atomic E-state index is 12.1. The van der Waals surface area contributed by atoms with Crippen molar-refractivity contribution in [3.8, 4) is 0 Å². The number of benzene rings is 2. The molecule has 146 valence electrons. The van der Waals surface area contributed by atoms with Crippen LogP contribution >= 0.6 is 0 Å². The molecule has 0 atom stereocenters. The first-order valence-corrected chi connectivity index (χ1v) is 9.83. The molecule has 2 aliphatic heterocycles. The van der Waals surface area contributed by atoms with Gasteiger partial charge in [-0.1, -0.05) is 48.5 Å². The van der Waals surface area contributed by atoms with Crippen LogP contribution in [0.15, 0.2) is 54.9 Å². The third-order valence-electron chi connectivity index (χ3n) is 5.83.